The summed E-state index contributed by atoms with van der Waals surface area (Å²) < 4.78 is 11.0. The van der Waals surface area contributed by atoms with Gasteiger partial charge in [-0.15, -0.1) is 0 Å². The standard InChI is InChI=1S/C27H23Cl2N3O4/c1-16-4-9-23(17(2)10-16)32-25(33)15-36-26-22(29)12-18(13-24(26)35-3)11-19(14-30)27(34)31-21-7-5-20(28)6-8-21/h4-13H,15H2,1-3H3,(H,31,34)(H,32,33)/b19-11-. The van der Waals surface area contributed by atoms with Crippen LogP contribution in [-0.2, 0) is 9.59 Å². The molecular formula is C27H23Cl2N3O4. The Morgan fingerprint density at radius 1 is 1.03 bits per heavy atom. The summed E-state index contributed by atoms with van der Waals surface area (Å²) in [4.78, 5) is 25.0. The van der Waals surface area contributed by atoms with E-state index in [0.717, 1.165) is 11.1 Å². The Kier molecular flexibility index (Phi) is 8.96. The van der Waals surface area contributed by atoms with Crippen molar-refractivity contribution >= 4 is 52.5 Å². The van der Waals surface area contributed by atoms with Gasteiger partial charge in [-0.1, -0.05) is 40.9 Å². The van der Waals surface area contributed by atoms with Gasteiger partial charge in [0, 0.05) is 16.4 Å². The lowest BCUT2D eigenvalue weighted by Gasteiger charge is -2.14. The normalized spacial score (nSPS) is 10.8. The first-order valence-electron chi connectivity index (χ1n) is 10.8. The van der Waals surface area contributed by atoms with E-state index in [1.54, 1.807) is 30.3 Å². The van der Waals surface area contributed by atoms with Crippen LogP contribution in [0.15, 0.2) is 60.2 Å². The number of nitriles is 1. The van der Waals surface area contributed by atoms with Crippen LogP contribution in [0.25, 0.3) is 6.08 Å². The van der Waals surface area contributed by atoms with Gasteiger partial charge in [0.25, 0.3) is 11.8 Å². The molecule has 0 saturated carbocycles. The molecule has 9 heteroatoms. The Labute approximate surface area is 219 Å². The van der Waals surface area contributed by atoms with Gasteiger partial charge in [-0.25, -0.2) is 0 Å². The molecule has 0 heterocycles. The number of ether oxygens (including phenoxy) is 2. The van der Waals surface area contributed by atoms with Crippen LogP contribution >= 0.6 is 23.2 Å². The van der Waals surface area contributed by atoms with Gasteiger partial charge in [-0.2, -0.15) is 5.26 Å². The smallest absolute Gasteiger partial charge is 0.266 e. The topological polar surface area (TPSA) is 100 Å². The van der Waals surface area contributed by atoms with Crippen molar-refractivity contribution in [3.05, 3.63) is 86.9 Å². The molecule has 0 bridgehead atoms. The highest BCUT2D eigenvalue weighted by atomic mass is 35.5. The fourth-order valence-electron chi connectivity index (χ4n) is 3.29. The molecule has 184 valence electrons. The summed E-state index contributed by atoms with van der Waals surface area (Å²) in [5, 5.41) is 15.6. The molecule has 2 N–H and O–H groups in total. The molecule has 0 aliphatic carbocycles. The SMILES string of the molecule is COc1cc(/C=C(/C#N)C(=O)Nc2ccc(Cl)cc2)cc(Cl)c1OCC(=O)Nc1ccc(C)cc1C. The van der Waals surface area contributed by atoms with E-state index in [2.05, 4.69) is 10.6 Å². The first-order valence-corrected chi connectivity index (χ1v) is 11.5. The second-order valence-corrected chi connectivity index (χ2v) is 8.66. The van der Waals surface area contributed by atoms with Crippen molar-refractivity contribution in [1.82, 2.24) is 0 Å². The van der Waals surface area contributed by atoms with E-state index < -0.39 is 5.91 Å². The van der Waals surface area contributed by atoms with Crippen molar-refractivity contribution in [2.75, 3.05) is 24.4 Å². The van der Waals surface area contributed by atoms with Crippen molar-refractivity contribution in [2.24, 2.45) is 0 Å². The van der Waals surface area contributed by atoms with Crippen molar-refractivity contribution < 1.29 is 19.1 Å². The number of nitrogens with one attached hydrogen (secondary N) is 2. The number of amides is 2. The number of halogens is 2. The highest BCUT2D eigenvalue weighted by molar-refractivity contribution is 6.32. The molecule has 3 aromatic carbocycles. The number of carbonyl (C=O) groups excluding carboxylic acids is 2. The molecule has 0 saturated heterocycles. The largest absolute Gasteiger partial charge is 0.493 e. The average Bonchev–Trinajstić information content (AvgIpc) is 2.84. The second-order valence-electron chi connectivity index (χ2n) is 7.82. The monoisotopic (exact) mass is 523 g/mol. The Bertz CT molecular complexity index is 1360. The minimum atomic E-state index is -0.599. The number of aryl methyl sites for hydroxylation is 2. The number of hydrogen-bond acceptors (Lipinski definition) is 5. The number of rotatable bonds is 8. The van der Waals surface area contributed by atoms with Gasteiger partial charge in [0.05, 0.1) is 12.1 Å². The van der Waals surface area contributed by atoms with Gasteiger partial charge in [-0.05, 0) is 73.5 Å². The Morgan fingerprint density at radius 3 is 2.39 bits per heavy atom. The van der Waals surface area contributed by atoms with Crippen molar-refractivity contribution in [1.29, 1.82) is 5.26 Å². The predicted molar refractivity (Wildman–Crippen MR) is 142 cm³/mol. The molecule has 0 aromatic heterocycles. The zero-order valence-electron chi connectivity index (χ0n) is 19.8. The summed E-state index contributed by atoms with van der Waals surface area (Å²) in [5.41, 5.74) is 3.49. The van der Waals surface area contributed by atoms with E-state index in [1.807, 2.05) is 38.1 Å². The maximum absolute atomic E-state index is 12.5. The van der Waals surface area contributed by atoms with Crippen LogP contribution in [0, 0.1) is 25.2 Å². The molecular weight excluding hydrogens is 501 g/mol. The number of nitrogens with zero attached hydrogens (tertiary/aromatic N) is 1. The fraction of sp³-hybridized carbons (Fsp3) is 0.148. The third-order valence-electron chi connectivity index (χ3n) is 5.03. The number of hydrogen-bond donors (Lipinski definition) is 2. The van der Waals surface area contributed by atoms with E-state index in [4.69, 9.17) is 32.7 Å². The molecule has 0 spiro atoms. The zero-order valence-corrected chi connectivity index (χ0v) is 21.3. The van der Waals surface area contributed by atoms with E-state index in [0.29, 0.717) is 22.0 Å². The van der Waals surface area contributed by atoms with Crippen LogP contribution in [0.4, 0.5) is 11.4 Å². The maximum atomic E-state index is 12.5. The number of benzene rings is 3. The van der Waals surface area contributed by atoms with Gasteiger partial charge in [0.1, 0.15) is 11.6 Å². The summed E-state index contributed by atoms with van der Waals surface area (Å²) >= 11 is 12.2. The second kappa shape index (κ2) is 12.1. The van der Waals surface area contributed by atoms with Gasteiger partial charge in [-0.3, -0.25) is 9.59 Å². The first-order chi connectivity index (χ1) is 17.2. The van der Waals surface area contributed by atoms with Crippen molar-refractivity contribution in [2.45, 2.75) is 13.8 Å². The molecule has 0 fully saturated rings. The molecule has 2 amide bonds. The maximum Gasteiger partial charge on any atom is 0.266 e. The van der Waals surface area contributed by atoms with E-state index >= 15 is 0 Å². The van der Waals surface area contributed by atoms with Gasteiger partial charge >= 0.3 is 0 Å². The van der Waals surface area contributed by atoms with Crippen LogP contribution in [0.3, 0.4) is 0 Å². The molecule has 7 nitrogen and oxygen atoms in total. The first kappa shape index (κ1) is 26.6. The van der Waals surface area contributed by atoms with Crippen molar-refractivity contribution in [3.8, 4) is 17.6 Å². The van der Waals surface area contributed by atoms with E-state index in [9.17, 15) is 14.9 Å². The fourth-order valence-corrected chi connectivity index (χ4v) is 3.69. The zero-order chi connectivity index (χ0) is 26.2. The van der Waals surface area contributed by atoms with E-state index in [-0.39, 0.29) is 34.6 Å². The van der Waals surface area contributed by atoms with Gasteiger partial charge in [0.15, 0.2) is 18.1 Å². The minimum Gasteiger partial charge on any atom is -0.493 e. The summed E-state index contributed by atoms with van der Waals surface area (Å²) in [5.74, 6) is -0.562. The summed E-state index contributed by atoms with van der Waals surface area (Å²) in [7, 11) is 1.42. The highest BCUT2D eigenvalue weighted by Gasteiger charge is 2.16. The molecule has 36 heavy (non-hydrogen) atoms. The quantitative estimate of drug-likeness (QED) is 0.271. The Morgan fingerprint density at radius 2 is 1.75 bits per heavy atom. The van der Waals surface area contributed by atoms with Crippen LogP contribution in [0.2, 0.25) is 10.0 Å². The van der Waals surface area contributed by atoms with Crippen LogP contribution in [0.5, 0.6) is 11.5 Å². The Hall–Kier alpha value is -3.99. The average molecular weight is 524 g/mol. The minimum absolute atomic E-state index is 0.148. The summed E-state index contributed by atoms with van der Waals surface area (Å²) in [6.07, 6.45) is 1.37. The molecule has 3 rings (SSSR count). The number of carbonyl (C=O) groups is 2. The third kappa shape index (κ3) is 7.01. The molecule has 0 aliphatic heterocycles. The molecule has 0 radical (unpaired) electrons. The number of methoxy groups -OCH3 is 1. The summed E-state index contributed by atoms with van der Waals surface area (Å²) in [6.45, 7) is 3.58. The molecule has 0 aliphatic rings. The molecule has 0 atom stereocenters. The van der Waals surface area contributed by atoms with Crippen LogP contribution < -0.4 is 20.1 Å². The van der Waals surface area contributed by atoms with Gasteiger partial charge in [0.2, 0.25) is 0 Å². The van der Waals surface area contributed by atoms with Crippen molar-refractivity contribution in [3.63, 3.8) is 0 Å². The summed E-state index contributed by atoms with van der Waals surface area (Å²) in [6, 6.07) is 17.1. The highest BCUT2D eigenvalue weighted by Crippen LogP contribution is 2.37. The predicted octanol–water partition coefficient (Wildman–Crippen LogP) is 6.18. The van der Waals surface area contributed by atoms with E-state index in [1.165, 1.54) is 19.3 Å². The van der Waals surface area contributed by atoms with Crippen LogP contribution in [0.1, 0.15) is 16.7 Å². The number of anilines is 2. The third-order valence-corrected chi connectivity index (χ3v) is 5.57. The lowest BCUT2D eigenvalue weighted by Crippen LogP contribution is -2.21. The molecule has 3 aromatic rings. The Balaban J connectivity index is 1.73. The lowest BCUT2D eigenvalue weighted by atomic mass is 10.1. The lowest BCUT2D eigenvalue weighted by molar-refractivity contribution is -0.118. The molecule has 0 unspecified atom stereocenters. The van der Waals surface area contributed by atoms with Gasteiger partial charge < -0.3 is 20.1 Å². The van der Waals surface area contributed by atoms with Crippen LogP contribution in [-0.4, -0.2) is 25.5 Å².